The van der Waals surface area contributed by atoms with Crippen LogP contribution in [0.4, 0.5) is 0 Å². The number of rotatable bonds is 1. The first-order valence-corrected chi connectivity index (χ1v) is 5.54. The molecule has 0 aromatic carbocycles. The Balaban J connectivity index is 1.89. The summed E-state index contributed by atoms with van der Waals surface area (Å²) in [7, 11) is 0. The average molecular weight is 186 g/mol. The molecule has 2 nitrogen and oxygen atoms in total. The standard InChI is InChI=1S/C9H18N2S/c12-9-2-1-7-11(9)8-3-5-10-6-4-8/h8-10,12H,1-7H2. The van der Waals surface area contributed by atoms with Gasteiger partial charge < -0.3 is 5.32 Å². The third-order valence-corrected chi connectivity index (χ3v) is 3.59. The minimum absolute atomic E-state index is 0.549. The summed E-state index contributed by atoms with van der Waals surface area (Å²) in [6, 6.07) is 0.816. The van der Waals surface area contributed by atoms with E-state index in [-0.39, 0.29) is 0 Å². The molecule has 12 heavy (non-hydrogen) atoms. The van der Waals surface area contributed by atoms with Crippen molar-refractivity contribution in [2.45, 2.75) is 37.1 Å². The lowest BCUT2D eigenvalue weighted by Crippen LogP contribution is -2.43. The number of likely N-dealkylation sites (tertiary alicyclic amines) is 1. The summed E-state index contributed by atoms with van der Waals surface area (Å²) in [4.78, 5) is 2.59. The molecule has 0 bridgehead atoms. The Morgan fingerprint density at radius 1 is 1.17 bits per heavy atom. The van der Waals surface area contributed by atoms with Crippen molar-refractivity contribution in [1.29, 1.82) is 0 Å². The van der Waals surface area contributed by atoms with Gasteiger partial charge in [0.25, 0.3) is 0 Å². The van der Waals surface area contributed by atoms with Crippen molar-refractivity contribution in [3.63, 3.8) is 0 Å². The lowest BCUT2D eigenvalue weighted by molar-refractivity contribution is 0.186. The molecule has 0 radical (unpaired) electrons. The summed E-state index contributed by atoms with van der Waals surface area (Å²) in [6.07, 6.45) is 5.26. The Hall–Kier alpha value is 0.270. The third-order valence-electron chi connectivity index (χ3n) is 3.04. The topological polar surface area (TPSA) is 15.3 Å². The van der Waals surface area contributed by atoms with Crippen LogP contribution in [0, 0.1) is 0 Å². The van der Waals surface area contributed by atoms with Crippen LogP contribution in [0.1, 0.15) is 25.7 Å². The van der Waals surface area contributed by atoms with Crippen molar-refractivity contribution in [2.24, 2.45) is 0 Å². The van der Waals surface area contributed by atoms with Gasteiger partial charge in [-0.3, -0.25) is 4.90 Å². The highest BCUT2D eigenvalue weighted by atomic mass is 32.1. The predicted molar refractivity (Wildman–Crippen MR) is 54.6 cm³/mol. The lowest BCUT2D eigenvalue weighted by atomic mass is 10.1. The van der Waals surface area contributed by atoms with Gasteiger partial charge in [-0.15, -0.1) is 0 Å². The van der Waals surface area contributed by atoms with E-state index in [0.717, 1.165) is 6.04 Å². The number of hydrogen-bond donors (Lipinski definition) is 2. The van der Waals surface area contributed by atoms with Gasteiger partial charge in [-0.25, -0.2) is 0 Å². The van der Waals surface area contributed by atoms with Crippen LogP contribution < -0.4 is 5.32 Å². The van der Waals surface area contributed by atoms with E-state index in [4.69, 9.17) is 0 Å². The quantitative estimate of drug-likeness (QED) is 0.596. The number of nitrogens with one attached hydrogen (secondary N) is 1. The van der Waals surface area contributed by atoms with E-state index < -0.39 is 0 Å². The first-order valence-electron chi connectivity index (χ1n) is 5.02. The molecule has 1 unspecified atom stereocenters. The van der Waals surface area contributed by atoms with Crippen molar-refractivity contribution in [3.8, 4) is 0 Å². The highest BCUT2D eigenvalue weighted by Gasteiger charge is 2.28. The molecule has 0 spiro atoms. The van der Waals surface area contributed by atoms with Crippen LogP contribution in [-0.4, -0.2) is 35.9 Å². The molecule has 2 heterocycles. The molecule has 0 aliphatic carbocycles. The lowest BCUT2D eigenvalue weighted by Gasteiger charge is -2.33. The van der Waals surface area contributed by atoms with Crippen LogP contribution >= 0.6 is 12.6 Å². The zero-order valence-electron chi connectivity index (χ0n) is 7.50. The molecule has 0 aromatic heterocycles. The van der Waals surface area contributed by atoms with Crippen LogP contribution in [0.25, 0.3) is 0 Å². The summed E-state index contributed by atoms with van der Waals surface area (Å²) in [5.41, 5.74) is 0. The maximum absolute atomic E-state index is 4.60. The van der Waals surface area contributed by atoms with E-state index in [2.05, 4.69) is 22.8 Å². The summed E-state index contributed by atoms with van der Waals surface area (Å²) >= 11 is 4.60. The van der Waals surface area contributed by atoms with Crippen LogP contribution in [0.2, 0.25) is 0 Å². The maximum atomic E-state index is 4.60. The first-order chi connectivity index (χ1) is 5.88. The predicted octanol–water partition coefficient (Wildman–Crippen LogP) is 1.09. The molecule has 0 aromatic rings. The zero-order chi connectivity index (χ0) is 8.39. The molecular formula is C9H18N2S. The van der Waals surface area contributed by atoms with Gasteiger partial charge in [-0.1, -0.05) is 0 Å². The number of thiol groups is 1. The van der Waals surface area contributed by atoms with Gasteiger partial charge in [0.2, 0.25) is 0 Å². The van der Waals surface area contributed by atoms with E-state index in [1.54, 1.807) is 0 Å². The Morgan fingerprint density at radius 2 is 1.92 bits per heavy atom. The molecule has 1 N–H and O–H groups in total. The van der Waals surface area contributed by atoms with Crippen molar-refractivity contribution in [3.05, 3.63) is 0 Å². The molecule has 1 atom stereocenters. The largest absolute Gasteiger partial charge is 0.317 e. The van der Waals surface area contributed by atoms with Gasteiger partial charge in [0.15, 0.2) is 0 Å². The van der Waals surface area contributed by atoms with Crippen molar-refractivity contribution in [1.82, 2.24) is 10.2 Å². The fourth-order valence-electron chi connectivity index (χ4n) is 2.34. The Kier molecular flexibility index (Phi) is 2.94. The number of piperidine rings is 1. The normalized spacial score (nSPS) is 34.2. The van der Waals surface area contributed by atoms with E-state index in [1.807, 2.05) is 0 Å². The average Bonchev–Trinajstić information content (AvgIpc) is 2.53. The maximum Gasteiger partial charge on any atom is 0.0530 e. The zero-order valence-corrected chi connectivity index (χ0v) is 8.39. The fraction of sp³-hybridized carbons (Fsp3) is 1.00. The van der Waals surface area contributed by atoms with E-state index >= 15 is 0 Å². The van der Waals surface area contributed by atoms with Crippen LogP contribution in [0.3, 0.4) is 0 Å². The van der Waals surface area contributed by atoms with Crippen LogP contribution in [0.5, 0.6) is 0 Å². The van der Waals surface area contributed by atoms with Crippen molar-refractivity contribution < 1.29 is 0 Å². The van der Waals surface area contributed by atoms with Gasteiger partial charge in [0, 0.05) is 6.04 Å². The van der Waals surface area contributed by atoms with Gasteiger partial charge in [-0.2, -0.15) is 12.6 Å². The molecule has 2 saturated heterocycles. The molecule has 2 aliphatic rings. The third kappa shape index (κ3) is 1.78. The number of hydrogen-bond acceptors (Lipinski definition) is 3. The molecule has 0 saturated carbocycles. The van der Waals surface area contributed by atoms with E-state index in [9.17, 15) is 0 Å². The van der Waals surface area contributed by atoms with Gasteiger partial charge >= 0.3 is 0 Å². The summed E-state index contributed by atoms with van der Waals surface area (Å²) in [5, 5.41) is 3.95. The molecule has 70 valence electrons. The first kappa shape index (κ1) is 8.85. The molecular weight excluding hydrogens is 168 g/mol. The second-order valence-electron chi connectivity index (χ2n) is 3.84. The summed E-state index contributed by atoms with van der Waals surface area (Å²) in [5.74, 6) is 0. The molecule has 2 fully saturated rings. The highest BCUT2D eigenvalue weighted by molar-refractivity contribution is 7.80. The second kappa shape index (κ2) is 3.99. The SMILES string of the molecule is SC1CCCN1C1CCNCC1. The van der Waals surface area contributed by atoms with Crippen LogP contribution in [0.15, 0.2) is 0 Å². The minimum Gasteiger partial charge on any atom is -0.317 e. The van der Waals surface area contributed by atoms with Gasteiger partial charge in [0.05, 0.1) is 5.37 Å². The summed E-state index contributed by atoms with van der Waals surface area (Å²) < 4.78 is 0. The minimum atomic E-state index is 0.549. The number of nitrogens with zero attached hydrogens (tertiary/aromatic N) is 1. The van der Waals surface area contributed by atoms with E-state index in [0.29, 0.717) is 5.37 Å². The van der Waals surface area contributed by atoms with Crippen LogP contribution in [-0.2, 0) is 0 Å². The van der Waals surface area contributed by atoms with E-state index in [1.165, 1.54) is 45.3 Å². The second-order valence-corrected chi connectivity index (χ2v) is 4.44. The van der Waals surface area contributed by atoms with Gasteiger partial charge in [-0.05, 0) is 45.3 Å². The fourth-order valence-corrected chi connectivity index (χ4v) is 2.82. The smallest absolute Gasteiger partial charge is 0.0530 e. The van der Waals surface area contributed by atoms with Crippen molar-refractivity contribution >= 4 is 12.6 Å². The highest BCUT2D eigenvalue weighted by Crippen LogP contribution is 2.25. The Bertz CT molecular complexity index is 145. The molecule has 2 rings (SSSR count). The molecule has 2 aliphatic heterocycles. The Morgan fingerprint density at radius 3 is 2.50 bits per heavy atom. The Labute approximate surface area is 80.1 Å². The van der Waals surface area contributed by atoms with Gasteiger partial charge in [0.1, 0.15) is 0 Å². The summed E-state index contributed by atoms with van der Waals surface area (Å²) in [6.45, 7) is 3.67. The molecule has 0 amide bonds. The van der Waals surface area contributed by atoms with Crippen molar-refractivity contribution in [2.75, 3.05) is 19.6 Å². The molecule has 3 heteroatoms. The monoisotopic (exact) mass is 186 g/mol.